The number of halogens is 3. The third-order valence-electron chi connectivity index (χ3n) is 25.9. The summed E-state index contributed by atoms with van der Waals surface area (Å²) < 4.78 is 63.3. The Morgan fingerprint density at radius 3 is 1.86 bits per heavy atom. The molecule has 25 unspecified atom stereocenters. The topological polar surface area (TPSA) is 726 Å². The standard InChI is InChI=1S/C98H114Cl3N13O34/c1-40(2)25-59(114(8)96(138)140-39-139-94(137)41(3)106-86(128)57(102)20-24-68(121)108-69(122)38-116)88(130)112-76-78(123)48-16-22-62(55(100)27-48)143-64-29-50-30-65(82(64)148-95-83(80(125)79(124)66(37-115)145-95)147-71-35-98(7,85(127)43(5)142-71)105-36-44-9-11-45(12-10-44)46-13-18-51(99)19-14-46)144-63-23-17-49(28-56(63)101)81(146-70-34-97(6,104)84(126)42(4)141-70)77-92(134)111-75(93(135)136)54-31-52(117)32-61(119)72(54)53-26-47(15-21-60(53)118)73(89(131)113-77)110-90(132)74(50)109-87(129)58(33-67(103)120)107-91(76)133/h9-19,21-23,26-32,38,40-43,57-59,66,69-71,73-81,83-85,95,105,115,117-119,122-127H,20,24-25,33-37,39,102,104H2,1-8H3,(H2,103,120)(H,106,128)(H,107,133)(H,108,121)(H,109,129)(H,110,132)(H,111,134)(H,112,130)(H,113,131)(H,135,136). The first-order valence-electron chi connectivity index (χ1n) is 46.7. The summed E-state index contributed by atoms with van der Waals surface area (Å²) in [5.74, 6) is -21.3. The van der Waals surface area contributed by atoms with E-state index in [0.29, 0.717) is 9.92 Å². The SMILES string of the molecule is CC(C)CC(C(=O)NC1C(=O)NC(CC(N)=O)C(=O)NC2C(=O)NC3C(=O)NC(C(=O)NC(C(=O)O)c4cc(O)cc(O)c4-c4cc3ccc4O)C(OC3CC(C)(N)C(O)C(C)O3)c3ccc(c(Cl)c3)Oc3cc2cc(c3OC2OC(CO)C(O)C(O)C2OC2CC(C)(NCc3ccc(-c4ccc(Cl)cc4)cc3)C(O)C(C)O2)Oc2ccc(cc2Cl)C1O)N(C)C(=O)OCOC(=O)C(C)NC(=O)C(N)CCC(=O)NC(O)C=O. The Balaban J connectivity index is 0.949. The number of carboxylic acids is 1. The highest BCUT2D eigenvalue weighted by atomic mass is 35.5. The van der Waals surface area contributed by atoms with E-state index in [1.54, 1.807) is 32.9 Å². The predicted molar refractivity (Wildman–Crippen MR) is 516 cm³/mol. The Morgan fingerprint density at radius 1 is 0.649 bits per heavy atom. The monoisotopic (exact) mass is 2120 g/mol. The second-order valence-corrected chi connectivity index (χ2v) is 38.8. The summed E-state index contributed by atoms with van der Waals surface area (Å²) in [5.41, 5.74) is 14.8. The molecule has 11 bridgehead atoms. The largest absolute Gasteiger partial charge is 0.508 e. The van der Waals surface area contributed by atoms with Crippen molar-refractivity contribution in [3.63, 3.8) is 0 Å². The lowest BCUT2D eigenvalue weighted by molar-refractivity contribution is -0.334. The number of primary amides is 1. The molecule has 8 heterocycles. The van der Waals surface area contributed by atoms with Crippen LogP contribution in [0.2, 0.25) is 15.1 Å². The number of phenols is 3. The van der Waals surface area contributed by atoms with Crippen molar-refractivity contribution in [2.45, 2.75) is 245 Å². The molecule has 26 N–H and O–H groups in total. The van der Waals surface area contributed by atoms with Gasteiger partial charge in [-0.1, -0.05) is 103 Å². The number of likely N-dealkylation sites (N-methyl/N-ethyl adjacent to an activating group) is 1. The van der Waals surface area contributed by atoms with E-state index in [2.05, 4.69) is 42.5 Å². The maximum atomic E-state index is 16.8. The maximum Gasteiger partial charge on any atom is 0.413 e. The number of fused-ring (bicyclic) bond motifs is 15. The minimum atomic E-state index is -2.53. The van der Waals surface area contributed by atoms with Gasteiger partial charge in [0.15, 0.2) is 48.7 Å². The quantitative estimate of drug-likeness (QED) is 0.0181. The molecule has 10 amide bonds. The van der Waals surface area contributed by atoms with Gasteiger partial charge in [0.1, 0.15) is 102 Å². The van der Waals surface area contributed by atoms with E-state index in [1.165, 1.54) is 26.8 Å². The van der Waals surface area contributed by atoms with Crippen LogP contribution in [-0.2, 0) is 97.2 Å². The zero-order valence-corrected chi connectivity index (χ0v) is 82.8. The van der Waals surface area contributed by atoms with Gasteiger partial charge in [0.25, 0.3) is 0 Å². The van der Waals surface area contributed by atoms with Crippen LogP contribution >= 0.6 is 34.8 Å². The molecule has 47 nitrogen and oxygen atoms in total. The van der Waals surface area contributed by atoms with Crippen LogP contribution in [0.4, 0.5) is 4.79 Å². The number of rotatable bonds is 29. The van der Waals surface area contributed by atoms with Crippen LogP contribution in [0.15, 0.2) is 127 Å². The molecular formula is C98H114Cl3N13O34. The fraction of sp³-hybridized carbons (Fsp3) is 0.439. The number of aliphatic hydroxyl groups excluding tert-OH is 7. The molecule has 7 aromatic rings. The molecule has 25 atom stereocenters. The third kappa shape index (κ3) is 26.2. The molecule has 50 heteroatoms. The highest BCUT2D eigenvalue weighted by Gasteiger charge is 2.54. The fourth-order valence-electron chi connectivity index (χ4n) is 17.8. The predicted octanol–water partition coefficient (Wildman–Crippen LogP) is 2.09. The molecule has 0 aromatic heterocycles. The average Bonchev–Trinajstić information content (AvgIpc) is 0.750. The number of benzene rings is 7. The smallest absolute Gasteiger partial charge is 0.413 e. The number of ether oxygens (including phenoxy) is 10. The van der Waals surface area contributed by atoms with Crippen LogP contribution in [-0.4, -0.2) is 280 Å². The highest BCUT2D eigenvalue weighted by Crippen LogP contribution is 2.51. The van der Waals surface area contributed by atoms with Gasteiger partial charge < -0.3 is 169 Å². The minimum Gasteiger partial charge on any atom is -0.508 e. The summed E-state index contributed by atoms with van der Waals surface area (Å²) in [5, 5.41) is 149. The van der Waals surface area contributed by atoms with Crippen molar-refractivity contribution in [2.24, 2.45) is 23.1 Å². The number of aromatic hydroxyl groups is 3. The molecule has 148 heavy (non-hydrogen) atoms. The average molecular weight is 2120 g/mol. The van der Waals surface area contributed by atoms with E-state index in [-0.39, 0.29) is 43.2 Å². The fourth-order valence-corrected chi connectivity index (χ4v) is 18.4. The van der Waals surface area contributed by atoms with E-state index in [4.69, 9.17) is 99.4 Å². The number of carboxylic acid groups (broad SMARTS) is 1. The Kier molecular flexibility index (Phi) is 35.9. The lowest BCUT2D eigenvalue weighted by Crippen LogP contribution is -2.65. The summed E-state index contributed by atoms with van der Waals surface area (Å²) in [6.07, 6.45) is -28.7. The third-order valence-corrected chi connectivity index (χ3v) is 26.7. The van der Waals surface area contributed by atoms with Crippen LogP contribution in [0.3, 0.4) is 0 Å². The van der Waals surface area contributed by atoms with Gasteiger partial charge in [-0.2, -0.15) is 0 Å². The van der Waals surface area contributed by atoms with Crippen molar-refractivity contribution in [1.29, 1.82) is 0 Å². The van der Waals surface area contributed by atoms with Crippen LogP contribution in [0.25, 0.3) is 22.3 Å². The molecular weight excluding hydrogens is 2010 g/mol. The number of nitrogens with two attached hydrogens (primary N) is 3. The molecule has 0 aliphatic carbocycles. The number of esters is 1. The first-order chi connectivity index (χ1) is 69.9. The van der Waals surface area contributed by atoms with Crippen molar-refractivity contribution < 1.29 is 166 Å². The van der Waals surface area contributed by atoms with Crippen molar-refractivity contribution >= 4 is 112 Å². The summed E-state index contributed by atoms with van der Waals surface area (Å²) >= 11 is 21.0. The molecule has 7 aromatic carbocycles. The van der Waals surface area contributed by atoms with Gasteiger partial charge in [-0.25, -0.2) is 14.4 Å². The number of nitrogens with zero attached hydrogens (tertiary/aromatic N) is 1. The zero-order valence-electron chi connectivity index (χ0n) is 80.5. The second kappa shape index (κ2) is 47.5. The Morgan fingerprint density at radius 2 is 1.25 bits per heavy atom. The van der Waals surface area contributed by atoms with Crippen molar-refractivity contribution in [1.82, 2.24) is 52.8 Å². The lowest BCUT2D eigenvalue weighted by atomic mass is 9.84. The van der Waals surface area contributed by atoms with Crippen LogP contribution in [0.5, 0.6) is 46.0 Å². The number of carbonyl (C=O) groups excluding carboxylic acids is 12. The summed E-state index contributed by atoms with van der Waals surface area (Å²) in [4.78, 5) is 187. The number of aldehydes is 1. The van der Waals surface area contributed by atoms with Crippen LogP contribution in [0, 0.1) is 5.92 Å². The summed E-state index contributed by atoms with van der Waals surface area (Å²) in [6, 6.07) is 8.97. The van der Waals surface area contributed by atoms with Gasteiger partial charge in [-0.15, -0.1) is 0 Å². The van der Waals surface area contributed by atoms with Crippen molar-refractivity contribution in [2.75, 3.05) is 20.4 Å². The van der Waals surface area contributed by atoms with Crippen molar-refractivity contribution in [3.05, 3.63) is 176 Å². The van der Waals surface area contributed by atoms with E-state index in [1.807, 2.05) is 41.7 Å². The summed E-state index contributed by atoms with van der Waals surface area (Å²) in [7, 11) is 1.05. The van der Waals surface area contributed by atoms with Gasteiger partial charge in [-0.3, -0.25) is 52.8 Å². The normalized spacial score (nSPS) is 27.4. The van der Waals surface area contributed by atoms with E-state index >= 15 is 28.8 Å². The molecule has 0 radical (unpaired) electrons. The van der Waals surface area contributed by atoms with Gasteiger partial charge in [0.05, 0.1) is 53.5 Å². The van der Waals surface area contributed by atoms with E-state index in [9.17, 15) is 89.7 Å². The van der Waals surface area contributed by atoms with E-state index in [0.717, 1.165) is 103 Å². The molecule has 3 saturated heterocycles. The number of hydrogen-bond acceptors (Lipinski definition) is 36. The molecule has 8 aliphatic heterocycles. The van der Waals surface area contributed by atoms with Gasteiger partial charge in [-0.05, 0) is 159 Å². The lowest BCUT2D eigenvalue weighted by Gasteiger charge is -2.48. The second-order valence-electron chi connectivity index (χ2n) is 37.5. The molecule has 0 spiro atoms. The number of nitrogens with one attached hydrogen (secondary N) is 9. The molecule has 0 saturated carbocycles. The Hall–Kier alpha value is -13.3. The van der Waals surface area contributed by atoms with Gasteiger partial charge >= 0.3 is 18.0 Å². The number of carbonyl (C=O) groups is 13. The summed E-state index contributed by atoms with van der Waals surface area (Å²) in [6.45, 7) is 8.40. The number of amides is 10. The number of hydrogen-bond donors (Lipinski definition) is 23. The zero-order chi connectivity index (χ0) is 108. The minimum absolute atomic E-state index is 0.0438. The van der Waals surface area contributed by atoms with E-state index < -0.39 is 345 Å². The van der Waals surface area contributed by atoms with Gasteiger partial charge in [0.2, 0.25) is 72.0 Å². The Labute approximate surface area is 859 Å². The molecule has 15 rings (SSSR count). The number of aliphatic hydroxyl groups is 7. The first kappa shape index (κ1) is 112. The Bertz CT molecular complexity index is 6160. The van der Waals surface area contributed by atoms with Crippen molar-refractivity contribution in [3.8, 4) is 68.2 Å². The first-order valence-corrected chi connectivity index (χ1v) is 47.8. The molecule has 3 fully saturated rings. The highest BCUT2D eigenvalue weighted by molar-refractivity contribution is 6.32. The molecule has 796 valence electrons. The number of aliphatic carboxylic acids is 1. The number of phenolic OH excluding ortho intramolecular Hbond substituents is 3. The van der Waals surface area contributed by atoms with Crippen LogP contribution < -0.4 is 79.3 Å². The molecule has 8 aliphatic rings. The van der Waals surface area contributed by atoms with Crippen LogP contribution in [0.1, 0.15) is 151 Å². The maximum absolute atomic E-state index is 16.8. The van der Waals surface area contributed by atoms with Gasteiger partial charge in [0, 0.05) is 71.7 Å².